The highest BCUT2D eigenvalue weighted by molar-refractivity contribution is 6.30. The molecule has 2 N–H and O–H groups in total. The number of rotatable bonds is 5. The third-order valence-electron chi connectivity index (χ3n) is 3.67. The molecule has 1 saturated heterocycles. The van der Waals surface area contributed by atoms with Gasteiger partial charge in [0.15, 0.2) is 0 Å². The highest BCUT2D eigenvalue weighted by Gasteiger charge is 2.48. The van der Waals surface area contributed by atoms with E-state index in [0.717, 1.165) is 11.0 Å². The molecule has 1 heterocycles. The maximum Gasteiger partial charge on any atom is 0.325 e. The number of carbonyl (C=O) groups is 3. The average molecular weight is 356 g/mol. The quantitative estimate of drug-likeness (QED) is 0.797. The van der Waals surface area contributed by atoms with Gasteiger partial charge in [0, 0.05) is 5.02 Å². The van der Waals surface area contributed by atoms with Crippen LogP contribution in [0.15, 0.2) is 18.2 Å². The maximum absolute atomic E-state index is 13.7. The van der Waals surface area contributed by atoms with E-state index in [1.54, 1.807) is 6.92 Å². The summed E-state index contributed by atoms with van der Waals surface area (Å²) in [4.78, 5) is 37.3. The number of nitrogens with zero attached hydrogens (tertiary/aromatic N) is 1. The first-order valence-electron chi connectivity index (χ1n) is 7.51. The minimum absolute atomic E-state index is 0.0682. The van der Waals surface area contributed by atoms with Gasteiger partial charge in [0.2, 0.25) is 5.91 Å². The molecular weight excluding hydrogens is 337 g/mol. The van der Waals surface area contributed by atoms with E-state index in [-0.39, 0.29) is 16.6 Å². The molecule has 1 aliphatic rings. The number of urea groups is 1. The summed E-state index contributed by atoms with van der Waals surface area (Å²) in [7, 11) is 0. The van der Waals surface area contributed by atoms with E-state index in [1.807, 2.05) is 13.8 Å². The number of hydrogen-bond donors (Lipinski definition) is 2. The van der Waals surface area contributed by atoms with E-state index in [2.05, 4.69) is 10.6 Å². The van der Waals surface area contributed by atoms with Crippen LogP contribution >= 0.6 is 11.6 Å². The summed E-state index contributed by atoms with van der Waals surface area (Å²) >= 11 is 5.64. The van der Waals surface area contributed by atoms with E-state index >= 15 is 0 Å². The third-order valence-corrected chi connectivity index (χ3v) is 3.90. The van der Waals surface area contributed by atoms with E-state index < -0.39 is 35.7 Å². The van der Waals surface area contributed by atoms with Gasteiger partial charge in [-0.15, -0.1) is 0 Å². The zero-order chi connectivity index (χ0) is 18.1. The van der Waals surface area contributed by atoms with Crippen molar-refractivity contribution in [3.63, 3.8) is 0 Å². The van der Waals surface area contributed by atoms with Crippen molar-refractivity contribution < 1.29 is 18.8 Å². The van der Waals surface area contributed by atoms with Gasteiger partial charge < -0.3 is 10.6 Å². The molecule has 8 heteroatoms. The Morgan fingerprint density at radius 2 is 2.08 bits per heavy atom. The summed E-state index contributed by atoms with van der Waals surface area (Å²) in [5, 5.41) is 5.14. The molecule has 0 unspecified atom stereocenters. The lowest BCUT2D eigenvalue weighted by Gasteiger charge is -2.23. The fourth-order valence-corrected chi connectivity index (χ4v) is 2.93. The molecule has 130 valence electrons. The molecule has 4 amide bonds. The number of anilines is 1. The Morgan fingerprint density at radius 1 is 1.42 bits per heavy atom. The van der Waals surface area contributed by atoms with Crippen LogP contribution in [0.3, 0.4) is 0 Å². The van der Waals surface area contributed by atoms with Crippen LogP contribution in [0.2, 0.25) is 5.02 Å². The second-order valence-electron chi connectivity index (χ2n) is 6.42. The summed E-state index contributed by atoms with van der Waals surface area (Å²) in [5.74, 6) is -1.64. The minimum Gasteiger partial charge on any atom is -0.323 e. The van der Waals surface area contributed by atoms with Gasteiger partial charge >= 0.3 is 6.03 Å². The van der Waals surface area contributed by atoms with E-state index in [1.165, 1.54) is 12.1 Å². The van der Waals surface area contributed by atoms with Crippen molar-refractivity contribution in [2.75, 3.05) is 11.9 Å². The molecule has 0 spiro atoms. The van der Waals surface area contributed by atoms with Gasteiger partial charge in [0.25, 0.3) is 5.91 Å². The van der Waals surface area contributed by atoms with Crippen LogP contribution in [0.1, 0.15) is 27.2 Å². The zero-order valence-corrected chi connectivity index (χ0v) is 14.4. The number of imide groups is 1. The van der Waals surface area contributed by atoms with Gasteiger partial charge in [0.1, 0.15) is 17.9 Å². The summed E-state index contributed by atoms with van der Waals surface area (Å²) in [6.45, 7) is 5.01. The van der Waals surface area contributed by atoms with Gasteiger partial charge in [-0.05, 0) is 37.5 Å². The van der Waals surface area contributed by atoms with Crippen LogP contribution in [0, 0.1) is 11.7 Å². The van der Waals surface area contributed by atoms with E-state index in [9.17, 15) is 18.8 Å². The lowest BCUT2D eigenvalue weighted by Crippen LogP contribution is -2.45. The second kappa shape index (κ2) is 6.76. The molecule has 0 aromatic heterocycles. The van der Waals surface area contributed by atoms with Crippen molar-refractivity contribution >= 4 is 35.1 Å². The third kappa shape index (κ3) is 3.84. The first-order chi connectivity index (χ1) is 11.1. The maximum atomic E-state index is 13.7. The molecular formula is C16H19ClFN3O3. The molecule has 1 aromatic rings. The Morgan fingerprint density at radius 3 is 2.67 bits per heavy atom. The van der Waals surface area contributed by atoms with Gasteiger partial charge in [-0.3, -0.25) is 14.5 Å². The van der Waals surface area contributed by atoms with Crippen molar-refractivity contribution in [3.05, 3.63) is 29.0 Å². The van der Waals surface area contributed by atoms with Gasteiger partial charge in [-0.2, -0.15) is 0 Å². The molecule has 2 rings (SSSR count). The zero-order valence-electron chi connectivity index (χ0n) is 13.7. The molecule has 0 radical (unpaired) electrons. The van der Waals surface area contributed by atoms with Gasteiger partial charge in [-0.1, -0.05) is 25.4 Å². The molecule has 1 atom stereocenters. The molecule has 0 bridgehead atoms. The summed E-state index contributed by atoms with van der Waals surface area (Å²) in [5.41, 5.74) is -1.10. The lowest BCUT2D eigenvalue weighted by atomic mass is 9.91. The first kappa shape index (κ1) is 18.2. The highest BCUT2D eigenvalue weighted by atomic mass is 35.5. The molecule has 24 heavy (non-hydrogen) atoms. The molecule has 1 fully saturated rings. The minimum atomic E-state index is -1.03. The van der Waals surface area contributed by atoms with Crippen molar-refractivity contribution in [2.45, 2.75) is 32.7 Å². The molecule has 1 aliphatic heterocycles. The monoisotopic (exact) mass is 355 g/mol. The fourth-order valence-electron chi connectivity index (χ4n) is 2.77. The van der Waals surface area contributed by atoms with Crippen LogP contribution in [0.25, 0.3) is 0 Å². The Kier molecular flexibility index (Phi) is 5.13. The number of hydrogen-bond acceptors (Lipinski definition) is 3. The predicted molar refractivity (Wildman–Crippen MR) is 88.1 cm³/mol. The molecule has 6 nitrogen and oxygen atoms in total. The predicted octanol–water partition coefficient (Wildman–Crippen LogP) is 2.77. The van der Waals surface area contributed by atoms with E-state index in [0.29, 0.717) is 6.42 Å². The van der Waals surface area contributed by atoms with Crippen molar-refractivity contribution in [3.8, 4) is 0 Å². The number of halogens is 2. The van der Waals surface area contributed by atoms with Crippen molar-refractivity contribution in [1.29, 1.82) is 0 Å². The van der Waals surface area contributed by atoms with Crippen LogP contribution in [-0.4, -0.2) is 34.8 Å². The molecule has 0 aliphatic carbocycles. The number of amides is 4. The summed E-state index contributed by atoms with van der Waals surface area (Å²) in [6.07, 6.45) is 0.460. The Labute approximate surface area is 144 Å². The van der Waals surface area contributed by atoms with Crippen LogP contribution in [-0.2, 0) is 9.59 Å². The largest absolute Gasteiger partial charge is 0.325 e. The fraction of sp³-hybridized carbons (Fsp3) is 0.438. The summed E-state index contributed by atoms with van der Waals surface area (Å²) in [6, 6.07) is 3.16. The normalized spacial score (nSPS) is 20.5. The van der Waals surface area contributed by atoms with Gasteiger partial charge in [-0.25, -0.2) is 9.18 Å². The second-order valence-corrected chi connectivity index (χ2v) is 6.86. The topological polar surface area (TPSA) is 78.5 Å². The van der Waals surface area contributed by atoms with Crippen molar-refractivity contribution in [2.24, 2.45) is 5.92 Å². The Hall–Kier alpha value is -2.15. The van der Waals surface area contributed by atoms with Crippen molar-refractivity contribution in [1.82, 2.24) is 10.2 Å². The number of carbonyl (C=O) groups excluding carboxylic acids is 3. The number of benzene rings is 1. The average Bonchev–Trinajstić information content (AvgIpc) is 2.64. The first-order valence-corrected chi connectivity index (χ1v) is 7.89. The number of nitrogens with one attached hydrogen (secondary N) is 2. The molecule has 0 saturated carbocycles. The van der Waals surface area contributed by atoms with Gasteiger partial charge in [0.05, 0.1) is 5.69 Å². The summed E-state index contributed by atoms with van der Waals surface area (Å²) < 4.78 is 13.7. The van der Waals surface area contributed by atoms with Crippen LogP contribution in [0.5, 0.6) is 0 Å². The standard InChI is InChI=1S/C16H19ClFN3O3/c1-9(2)7-16(3)14(23)21(15(24)20-16)8-13(22)19-12-5-4-10(17)6-11(12)18/h4-6,9H,7-8H2,1-3H3,(H,19,22)(H,20,24)/t16-/m1/s1. The Bertz CT molecular complexity index is 695. The SMILES string of the molecule is CC(C)C[C@@]1(C)NC(=O)N(CC(=O)Nc2ccc(Cl)cc2F)C1=O. The molecule has 1 aromatic carbocycles. The smallest absolute Gasteiger partial charge is 0.323 e. The highest BCUT2D eigenvalue weighted by Crippen LogP contribution is 2.25. The van der Waals surface area contributed by atoms with Crippen LogP contribution < -0.4 is 10.6 Å². The van der Waals surface area contributed by atoms with Crippen LogP contribution in [0.4, 0.5) is 14.9 Å². The Balaban J connectivity index is 2.06. The van der Waals surface area contributed by atoms with E-state index in [4.69, 9.17) is 11.6 Å². The lowest BCUT2D eigenvalue weighted by molar-refractivity contribution is -0.133.